The second kappa shape index (κ2) is 8.12. The average Bonchev–Trinajstić information content (AvgIpc) is 2.79. The van der Waals surface area contributed by atoms with Crippen molar-refractivity contribution < 1.29 is 19.2 Å². The van der Waals surface area contributed by atoms with Gasteiger partial charge in [0, 0.05) is 12.2 Å². The van der Waals surface area contributed by atoms with E-state index in [0.29, 0.717) is 10.6 Å². The molecule has 26 heavy (non-hydrogen) atoms. The van der Waals surface area contributed by atoms with E-state index < -0.39 is 30.3 Å². The Bertz CT molecular complexity index is 729. The van der Waals surface area contributed by atoms with Gasteiger partial charge in [-0.15, -0.1) is 0 Å². The van der Waals surface area contributed by atoms with Crippen LogP contribution in [0.1, 0.15) is 45.6 Å². The molecule has 1 fully saturated rings. The second-order valence-electron chi connectivity index (χ2n) is 6.93. The third kappa shape index (κ3) is 4.09. The molecule has 140 valence electrons. The summed E-state index contributed by atoms with van der Waals surface area (Å²) in [6.07, 6.45) is 0.911. The Morgan fingerprint density at radius 3 is 2.27 bits per heavy atom. The van der Waals surface area contributed by atoms with Gasteiger partial charge in [0.2, 0.25) is 5.91 Å². The van der Waals surface area contributed by atoms with Crippen LogP contribution in [0, 0.1) is 5.92 Å². The standard InChI is InChI=1S/C19H25N3O4/c1-5-13(4)14-8-6-7-9-15(14)20-16(23)11-22-18(25)17(24)21(19(22)26)10-12(2)3/h6-9,12-13H,5,10-11H2,1-4H3,(H,20,23)/t13-/m0/s1. The summed E-state index contributed by atoms with van der Waals surface area (Å²) < 4.78 is 0. The van der Waals surface area contributed by atoms with Gasteiger partial charge in [0.15, 0.2) is 0 Å². The van der Waals surface area contributed by atoms with Crippen LogP contribution in [-0.4, -0.2) is 46.6 Å². The zero-order valence-corrected chi connectivity index (χ0v) is 15.6. The molecule has 1 aliphatic heterocycles. The molecule has 7 nitrogen and oxygen atoms in total. The first-order chi connectivity index (χ1) is 12.3. The van der Waals surface area contributed by atoms with Crippen LogP contribution in [0.5, 0.6) is 0 Å². The van der Waals surface area contributed by atoms with Crippen LogP contribution in [0.15, 0.2) is 24.3 Å². The SMILES string of the molecule is CC[C@H](C)c1ccccc1NC(=O)CN1C(=O)C(=O)N(CC(C)C)C1=O. The summed E-state index contributed by atoms with van der Waals surface area (Å²) in [6, 6.07) is 6.68. The third-order valence-electron chi connectivity index (χ3n) is 4.36. The van der Waals surface area contributed by atoms with Crippen molar-refractivity contribution in [2.75, 3.05) is 18.4 Å². The topological polar surface area (TPSA) is 86.8 Å². The molecule has 1 saturated heterocycles. The number of anilines is 1. The normalized spacial score (nSPS) is 15.8. The first kappa shape index (κ1) is 19.6. The molecule has 1 N–H and O–H groups in total. The second-order valence-corrected chi connectivity index (χ2v) is 6.93. The highest BCUT2D eigenvalue weighted by Gasteiger charge is 2.45. The molecule has 5 amide bonds. The van der Waals surface area contributed by atoms with Gasteiger partial charge in [-0.1, -0.05) is 45.9 Å². The summed E-state index contributed by atoms with van der Waals surface area (Å²) in [7, 11) is 0. The Kier molecular flexibility index (Phi) is 6.13. The first-order valence-electron chi connectivity index (χ1n) is 8.82. The lowest BCUT2D eigenvalue weighted by atomic mass is 9.97. The molecule has 1 aromatic carbocycles. The van der Waals surface area contributed by atoms with E-state index >= 15 is 0 Å². The van der Waals surface area contributed by atoms with Crippen LogP contribution in [0.2, 0.25) is 0 Å². The van der Waals surface area contributed by atoms with Gasteiger partial charge in [0.1, 0.15) is 6.54 Å². The van der Waals surface area contributed by atoms with Gasteiger partial charge in [-0.2, -0.15) is 0 Å². The molecular weight excluding hydrogens is 334 g/mol. The number of nitrogens with one attached hydrogen (secondary N) is 1. The fraction of sp³-hybridized carbons (Fsp3) is 0.474. The summed E-state index contributed by atoms with van der Waals surface area (Å²) in [5, 5.41) is 2.75. The molecule has 1 heterocycles. The molecule has 1 aromatic rings. The van der Waals surface area contributed by atoms with E-state index in [1.54, 1.807) is 6.07 Å². The fourth-order valence-electron chi connectivity index (χ4n) is 2.81. The molecule has 1 atom stereocenters. The smallest absolute Gasteiger partial charge is 0.324 e. The molecule has 0 bridgehead atoms. The van der Waals surface area contributed by atoms with Gasteiger partial charge in [0.05, 0.1) is 0 Å². The Morgan fingerprint density at radius 1 is 1.04 bits per heavy atom. The van der Waals surface area contributed by atoms with E-state index in [4.69, 9.17) is 0 Å². The highest BCUT2D eigenvalue weighted by Crippen LogP contribution is 2.26. The number of urea groups is 1. The lowest BCUT2D eigenvalue weighted by Gasteiger charge is -2.18. The fourth-order valence-corrected chi connectivity index (χ4v) is 2.81. The number of carbonyl (C=O) groups excluding carboxylic acids is 4. The zero-order valence-electron chi connectivity index (χ0n) is 15.6. The van der Waals surface area contributed by atoms with E-state index in [1.807, 2.05) is 32.0 Å². The first-order valence-corrected chi connectivity index (χ1v) is 8.82. The van der Waals surface area contributed by atoms with E-state index in [2.05, 4.69) is 19.2 Å². The van der Waals surface area contributed by atoms with E-state index in [9.17, 15) is 19.2 Å². The predicted molar refractivity (Wildman–Crippen MR) is 97.4 cm³/mol. The van der Waals surface area contributed by atoms with E-state index in [-0.39, 0.29) is 18.4 Å². The molecule has 0 unspecified atom stereocenters. The number of hydrogen-bond acceptors (Lipinski definition) is 4. The molecule has 0 aromatic heterocycles. The number of carbonyl (C=O) groups is 4. The van der Waals surface area contributed by atoms with Gasteiger partial charge < -0.3 is 5.32 Å². The number of nitrogens with zero attached hydrogens (tertiary/aromatic N) is 2. The number of para-hydroxylation sites is 1. The Morgan fingerprint density at radius 2 is 1.65 bits per heavy atom. The predicted octanol–water partition coefficient (Wildman–Crippen LogP) is 2.59. The molecule has 0 aliphatic carbocycles. The van der Waals surface area contributed by atoms with Crippen molar-refractivity contribution in [1.82, 2.24) is 9.80 Å². The summed E-state index contributed by atoms with van der Waals surface area (Å²) in [6.45, 7) is 7.46. The van der Waals surface area contributed by atoms with Crippen molar-refractivity contribution >= 4 is 29.4 Å². The van der Waals surface area contributed by atoms with Crippen LogP contribution >= 0.6 is 0 Å². The number of hydrogen-bond donors (Lipinski definition) is 1. The molecule has 0 saturated carbocycles. The van der Waals surface area contributed by atoms with Crippen molar-refractivity contribution in [1.29, 1.82) is 0 Å². The van der Waals surface area contributed by atoms with Crippen LogP contribution in [0.3, 0.4) is 0 Å². The van der Waals surface area contributed by atoms with Gasteiger partial charge in [-0.25, -0.2) is 9.69 Å². The lowest BCUT2D eigenvalue weighted by Crippen LogP contribution is -2.39. The maximum Gasteiger partial charge on any atom is 0.334 e. The van der Waals surface area contributed by atoms with Crippen LogP contribution in [0.25, 0.3) is 0 Å². The summed E-state index contributed by atoms with van der Waals surface area (Å²) in [5.41, 5.74) is 1.64. The molecular formula is C19H25N3O4. The summed E-state index contributed by atoms with van der Waals surface area (Å²) in [5.74, 6) is -2.06. The van der Waals surface area contributed by atoms with Crippen molar-refractivity contribution in [2.24, 2.45) is 5.92 Å². The quantitative estimate of drug-likeness (QED) is 0.599. The van der Waals surface area contributed by atoms with Crippen molar-refractivity contribution in [3.05, 3.63) is 29.8 Å². The van der Waals surface area contributed by atoms with Crippen molar-refractivity contribution in [2.45, 2.75) is 40.0 Å². The van der Waals surface area contributed by atoms with Crippen LogP contribution < -0.4 is 5.32 Å². The van der Waals surface area contributed by atoms with Crippen molar-refractivity contribution in [3.63, 3.8) is 0 Å². The highest BCUT2D eigenvalue weighted by molar-refractivity contribution is 6.45. The number of benzene rings is 1. The minimum absolute atomic E-state index is 0.0342. The Balaban J connectivity index is 2.10. The van der Waals surface area contributed by atoms with Gasteiger partial charge in [0.25, 0.3) is 0 Å². The molecule has 2 rings (SSSR count). The minimum Gasteiger partial charge on any atom is -0.324 e. The minimum atomic E-state index is -0.957. The van der Waals surface area contributed by atoms with Gasteiger partial charge in [-0.3, -0.25) is 19.3 Å². The van der Waals surface area contributed by atoms with E-state index in [1.165, 1.54) is 0 Å². The lowest BCUT2D eigenvalue weighted by molar-refractivity contribution is -0.143. The molecule has 0 radical (unpaired) electrons. The number of imide groups is 2. The maximum atomic E-state index is 12.4. The van der Waals surface area contributed by atoms with Crippen LogP contribution in [-0.2, 0) is 14.4 Å². The van der Waals surface area contributed by atoms with Crippen LogP contribution in [0.4, 0.5) is 10.5 Å². The average molecular weight is 359 g/mol. The number of amides is 5. The molecule has 1 aliphatic rings. The van der Waals surface area contributed by atoms with Gasteiger partial charge >= 0.3 is 17.8 Å². The monoisotopic (exact) mass is 359 g/mol. The van der Waals surface area contributed by atoms with Gasteiger partial charge in [-0.05, 0) is 29.9 Å². The molecule has 7 heteroatoms. The summed E-state index contributed by atoms with van der Waals surface area (Å²) >= 11 is 0. The number of rotatable bonds is 7. The zero-order chi connectivity index (χ0) is 19.4. The molecule has 0 spiro atoms. The van der Waals surface area contributed by atoms with E-state index in [0.717, 1.165) is 16.9 Å². The Hall–Kier alpha value is -2.70. The third-order valence-corrected chi connectivity index (χ3v) is 4.36. The highest BCUT2D eigenvalue weighted by atomic mass is 16.2. The maximum absolute atomic E-state index is 12.4. The van der Waals surface area contributed by atoms with Crippen molar-refractivity contribution in [3.8, 4) is 0 Å². The Labute approximate surface area is 153 Å². The largest absolute Gasteiger partial charge is 0.334 e. The summed E-state index contributed by atoms with van der Waals surface area (Å²) in [4.78, 5) is 50.3.